The van der Waals surface area contributed by atoms with Crippen molar-refractivity contribution in [2.24, 2.45) is 0 Å². The summed E-state index contributed by atoms with van der Waals surface area (Å²) in [5, 5.41) is 5.25. The van der Waals surface area contributed by atoms with E-state index in [0.29, 0.717) is 17.9 Å². The van der Waals surface area contributed by atoms with Crippen molar-refractivity contribution in [3.63, 3.8) is 0 Å². The minimum Gasteiger partial charge on any atom is -0.490 e. The van der Waals surface area contributed by atoms with Gasteiger partial charge < -0.3 is 20.1 Å². The second kappa shape index (κ2) is 8.02. The number of carbonyl (C=O) groups excluding carboxylic acids is 3. The summed E-state index contributed by atoms with van der Waals surface area (Å²) in [7, 11) is 0. The summed E-state index contributed by atoms with van der Waals surface area (Å²) in [5.41, 5.74) is 0.602. The Morgan fingerprint density at radius 2 is 1.64 bits per heavy atom. The van der Waals surface area contributed by atoms with E-state index in [1.54, 1.807) is 25.1 Å². The van der Waals surface area contributed by atoms with Crippen LogP contribution < -0.4 is 20.1 Å². The van der Waals surface area contributed by atoms with Crippen molar-refractivity contribution in [3.05, 3.63) is 23.8 Å². The third kappa shape index (κ3) is 5.43. The summed E-state index contributed by atoms with van der Waals surface area (Å²) in [6.07, 6.45) is -0.694. The molecule has 0 atom stereocenters. The highest BCUT2D eigenvalue weighted by molar-refractivity contribution is 5.77. The molecule has 0 aliphatic heterocycles. The number of carbonyl (C=O) groups is 3. The second-order valence-corrected chi connectivity index (χ2v) is 4.57. The second-order valence-electron chi connectivity index (χ2n) is 4.57. The number of nitrogens with one attached hydrogen (secondary N) is 2. The Morgan fingerprint density at radius 1 is 1.05 bits per heavy atom. The highest BCUT2D eigenvalue weighted by Gasteiger charge is 2.17. The van der Waals surface area contributed by atoms with E-state index in [1.807, 2.05) is 0 Å². The molecular weight excluding hydrogens is 288 g/mol. The number of ether oxygens (including phenoxy) is 2. The first-order chi connectivity index (χ1) is 10.3. The summed E-state index contributed by atoms with van der Waals surface area (Å²) in [6, 6.07) is 4.80. The summed E-state index contributed by atoms with van der Waals surface area (Å²) in [5.74, 6) is -0.408. The molecule has 0 fully saturated rings. The zero-order chi connectivity index (χ0) is 16.7. The largest absolute Gasteiger partial charge is 0.490 e. The monoisotopic (exact) mass is 308 g/mol. The Kier molecular flexibility index (Phi) is 6.37. The fraction of sp³-hybridized carbons (Fsp3) is 0.400. The SMILES string of the molecule is CCOc1cc(C(NC(C)=O)NC(C)=O)ccc1OC(C)=O. The van der Waals surface area contributed by atoms with Crippen molar-refractivity contribution in [2.75, 3.05) is 6.61 Å². The van der Waals surface area contributed by atoms with Gasteiger partial charge in [0.15, 0.2) is 11.5 Å². The molecule has 0 saturated carbocycles. The van der Waals surface area contributed by atoms with Crippen molar-refractivity contribution in [3.8, 4) is 11.5 Å². The molecule has 22 heavy (non-hydrogen) atoms. The average molecular weight is 308 g/mol. The van der Waals surface area contributed by atoms with Crippen molar-refractivity contribution in [1.29, 1.82) is 0 Å². The predicted molar refractivity (Wildman–Crippen MR) is 79.3 cm³/mol. The fourth-order valence-corrected chi connectivity index (χ4v) is 1.82. The first-order valence-corrected chi connectivity index (χ1v) is 6.82. The maximum absolute atomic E-state index is 11.3. The van der Waals surface area contributed by atoms with Crippen LogP contribution in [0.4, 0.5) is 0 Å². The number of hydrogen-bond donors (Lipinski definition) is 2. The maximum Gasteiger partial charge on any atom is 0.308 e. The number of esters is 1. The Labute approximate surface area is 129 Å². The molecule has 1 aromatic rings. The molecule has 0 radical (unpaired) electrons. The highest BCUT2D eigenvalue weighted by Crippen LogP contribution is 2.30. The molecule has 0 aliphatic rings. The molecule has 2 amide bonds. The first kappa shape index (κ1) is 17.5. The molecule has 0 heterocycles. The van der Waals surface area contributed by atoms with Crippen LogP contribution in [0.25, 0.3) is 0 Å². The van der Waals surface area contributed by atoms with Gasteiger partial charge in [-0.3, -0.25) is 14.4 Å². The van der Waals surface area contributed by atoms with Gasteiger partial charge in [-0.1, -0.05) is 6.07 Å². The van der Waals surface area contributed by atoms with E-state index in [1.165, 1.54) is 20.8 Å². The normalized spacial score (nSPS) is 10.0. The van der Waals surface area contributed by atoms with Crippen molar-refractivity contribution in [2.45, 2.75) is 33.9 Å². The van der Waals surface area contributed by atoms with Gasteiger partial charge in [0.2, 0.25) is 11.8 Å². The lowest BCUT2D eigenvalue weighted by atomic mass is 10.1. The summed E-state index contributed by atoms with van der Waals surface area (Å²) >= 11 is 0. The molecule has 1 rings (SSSR count). The first-order valence-electron chi connectivity index (χ1n) is 6.82. The zero-order valence-corrected chi connectivity index (χ0v) is 13.1. The molecule has 1 aromatic carbocycles. The molecule has 2 N–H and O–H groups in total. The lowest BCUT2D eigenvalue weighted by molar-refractivity contribution is -0.132. The van der Waals surface area contributed by atoms with Gasteiger partial charge in [-0.05, 0) is 24.6 Å². The van der Waals surface area contributed by atoms with E-state index in [4.69, 9.17) is 9.47 Å². The van der Waals surface area contributed by atoms with Crippen LogP contribution in [-0.4, -0.2) is 24.4 Å². The smallest absolute Gasteiger partial charge is 0.308 e. The maximum atomic E-state index is 11.3. The molecule has 0 bridgehead atoms. The van der Waals surface area contributed by atoms with Crippen LogP contribution in [-0.2, 0) is 14.4 Å². The van der Waals surface area contributed by atoms with Crippen LogP contribution >= 0.6 is 0 Å². The quantitative estimate of drug-likeness (QED) is 0.469. The van der Waals surface area contributed by atoms with Crippen LogP contribution in [0.5, 0.6) is 11.5 Å². The van der Waals surface area contributed by atoms with Crippen molar-refractivity contribution >= 4 is 17.8 Å². The molecule has 0 saturated heterocycles. The Balaban J connectivity index is 3.14. The standard InChI is InChI=1S/C15H20N2O5/c1-5-21-14-8-12(6-7-13(14)22-11(4)20)15(16-9(2)18)17-10(3)19/h6-8,15H,5H2,1-4H3,(H,16,18)(H,17,19). The molecule has 0 aromatic heterocycles. The van der Waals surface area contributed by atoms with Gasteiger partial charge in [-0.25, -0.2) is 0 Å². The van der Waals surface area contributed by atoms with Crippen LogP contribution in [0.1, 0.15) is 39.4 Å². The minimum atomic E-state index is -0.694. The van der Waals surface area contributed by atoms with E-state index >= 15 is 0 Å². The van der Waals surface area contributed by atoms with Crippen molar-refractivity contribution < 1.29 is 23.9 Å². The lowest BCUT2D eigenvalue weighted by Crippen LogP contribution is -2.39. The van der Waals surface area contributed by atoms with Crippen LogP contribution in [0, 0.1) is 0 Å². The van der Waals surface area contributed by atoms with E-state index in [9.17, 15) is 14.4 Å². The molecule has 0 spiro atoms. The number of hydrogen-bond acceptors (Lipinski definition) is 5. The average Bonchev–Trinajstić information content (AvgIpc) is 2.38. The van der Waals surface area contributed by atoms with Gasteiger partial charge in [-0.15, -0.1) is 0 Å². The molecular formula is C15H20N2O5. The Morgan fingerprint density at radius 3 is 2.09 bits per heavy atom. The summed E-state index contributed by atoms with van der Waals surface area (Å²) in [4.78, 5) is 33.6. The van der Waals surface area contributed by atoms with Gasteiger partial charge in [0.25, 0.3) is 0 Å². The minimum absolute atomic E-state index is 0.280. The lowest BCUT2D eigenvalue weighted by Gasteiger charge is -2.20. The Hall–Kier alpha value is -2.57. The van der Waals surface area contributed by atoms with Gasteiger partial charge in [0.05, 0.1) is 6.61 Å². The van der Waals surface area contributed by atoms with Gasteiger partial charge in [0.1, 0.15) is 6.17 Å². The number of benzene rings is 1. The van der Waals surface area contributed by atoms with E-state index in [0.717, 1.165) is 0 Å². The van der Waals surface area contributed by atoms with Crippen LogP contribution in [0.15, 0.2) is 18.2 Å². The molecule has 7 nitrogen and oxygen atoms in total. The van der Waals surface area contributed by atoms with E-state index in [2.05, 4.69) is 10.6 Å². The summed E-state index contributed by atoms with van der Waals surface area (Å²) in [6.45, 7) is 6.17. The van der Waals surface area contributed by atoms with Gasteiger partial charge in [0, 0.05) is 20.8 Å². The highest BCUT2D eigenvalue weighted by atomic mass is 16.6. The topological polar surface area (TPSA) is 93.7 Å². The van der Waals surface area contributed by atoms with Crippen LogP contribution in [0.3, 0.4) is 0 Å². The molecule has 0 unspecified atom stereocenters. The number of amides is 2. The summed E-state index contributed by atoms with van der Waals surface area (Å²) < 4.78 is 10.5. The Bertz CT molecular complexity index is 555. The molecule has 0 aliphatic carbocycles. The molecule has 7 heteroatoms. The third-order valence-electron chi connectivity index (χ3n) is 2.55. The molecule has 120 valence electrons. The zero-order valence-electron chi connectivity index (χ0n) is 13.1. The third-order valence-corrected chi connectivity index (χ3v) is 2.55. The van der Waals surface area contributed by atoms with Gasteiger partial charge >= 0.3 is 5.97 Å². The number of rotatable bonds is 6. The van der Waals surface area contributed by atoms with Gasteiger partial charge in [-0.2, -0.15) is 0 Å². The fourth-order valence-electron chi connectivity index (χ4n) is 1.82. The van der Waals surface area contributed by atoms with Crippen molar-refractivity contribution in [1.82, 2.24) is 10.6 Å². The van der Waals surface area contributed by atoms with E-state index in [-0.39, 0.29) is 17.6 Å². The van der Waals surface area contributed by atoms with E-state index < -0.39 is 12.1 Å². The predicted octanol–water partition coefficient (Wildman–Crippen LogP) is 1.28. The van der Waals surface area contributed by atoms with Crippen LogP contribution in [0.2, 0.25) is 0 Å².